The second kappa shape index (κ2) is 6.99. The van der Waals surface area contributed by atoms with E-state index >= 15 is 0 Å². The summed E-state index contributed by atoms with van der Waals surface area (Å²) in [4.78, 5) is 21.0. The maximum atomic E-state index is 12.6. The summed E-state index contributed by atoms with van der Waals surface area (Å²) < 4.78 is 1.71. The van der Waals surface area contributed by atoms with Crippen LogP contribution in [0.5, 0.6) is 0 Å². The molecule has 0 radical (unpaired) electrons. The number of amides is 1. The summed E-state index contributed by atoms with van der Waals surface area (Å²) in [5, 5.41) is 7.30. The summed E-state index contributed by atoms with van der Waals surface area (Å²) in [6.07, 6.45) is 6.70. The van der Waals surface area contributed by atoms with E-state index in [1.165, 1.54) is 11.1 Å². The summed E-state index contributed by atoms with van der Waals surface area (Å²) in [5.41, 5.74) is 6.30. The lowest BCUT2D eigenvalue weighted by molar-refractivity contribution is 0.0952. The van der Waals surface area contributed by atoms with Crippen LogP contribution in [0.15, 0.2) is 61.2 Å². The predicted octanol–water partition coefficient (Wildman–Crippen LogP) is 3.34. The summed E-state index contributed by atoms with van der Waals surface area (Å²) in [5.74, 6) is -0.210. The molecule has 0 saturated carbocycles. The van der Waals surface area contributed by atoms with Crippen molar-refractivity contribution < 1.29 is 4.79 Å². The lowest BCUT2D eigenvalue weighted by Gasteiger charge is -2.08. The Kier molecular flexibility index (Phi) is 4.38. The Morgan fingerprint density at radius 3 is 2.74 bits per heavy atom. The normalized spacial score (nSPS) is 10.9. The average Bonchev–Trinajstić information content (AvgIpc) is 3.13. The molecule has 0 aliphatic carbocycles. The van der Waals surface area contributed by atoms with Crippen LogP contribution in [0.1, 0.15) is 27.0 Å². The SMILES string of the molecule is Cc1ccc(-c2ccnc3c(C(=O)NCc4cccnc4)cnn23)cc1C. The van der Waals surface area contributed by atoms with Gasteiger partial charge in [-0.15, -0.1) is 0 Å². The van der Waals surface area contributed by atoms with E-state index in [-0.39, 0.29) is 5.91 Å². The second-order valence-corrected chi connectivity index (χ2v) is 6.47. The number of fused-ring (bicyclic) bond motifs is 1. The molecule has 6 nitrogen and oxygen atoms in total. The van der Waals surface area contributed by atoms with Crippen LogP contribution < -0.4 is 5.32 Å². The zero-order valence-electron chi connectivity index (χ0n) is 15.2. The molecule has 0 saturated heterocycles. The molecule has 3 aromatic heterocycles. The van der Waals surface area contributed by atoms with Gasteiger partial charge in [0.25, 0.3) is 5.91 Å². The molecule has 0 spiro atoms. The fraction of sp³-hybridized carbons (Fsp3) is 0.143. The van der Waals surface area contributed by atoms with Crippen molar-refractivity contribution in [3.63, 3.8) is 0 Å². The Bertz CT molecular complexity index is 1120. The van der Waals surface area contributed by atoms with E-state index in [1.807, 2.05) is 18.2 Å². The van der Waals surface area contributed by atoms with E-state index in [0.717, 1.165) is 16.8 Å². The van der Waals surface area contributed by atoms with Crippen LogP contribution in [-0.4, -0.2) is 25.5 Å². The maximum Gasteiger partial charge on any atom is 0.257 e. The quantitative estimate of drug-likeness (QED) is 0.608. The molecule has 0 aliphatic rings. The second-order valence-electron chi connectivity index (χ2n) is 6.47. The smallest absolute Gasteiger partial charge is 0.257 e. The summed E-state index contributed by atoms with van der Waals surface area (Å²) in [6.45, 7) is 4.57. The number of carbonyl (C=O) groups is 1. The maximum absolute atomic E-state index is 12.6. The molecule has 0 fully saturated rings. The molecule has 1 amide bonds. The van der Waals surface area contributed by atoms with Crippen molar-refractivity contribution in [1.29, 1.82) is 0 Å². The van der Waals surface area contributed by atoms with Crippen LogP contribution in [0.25, 0.3) is 16.9 Å². The van der Waals surface area contributed by atoms with Gasteiger partial charge in [0, 0.05) is 30.7 Å². The zero-order chi connectivity index (χ0) is 18.8. The Morgan fingerprint density at radius 2 is 1.96 bits per heavy atom. The predicted molar refractivity (Wildman–Crippen MR) is 103 cm³/mol. The minimum Gasteiger partial charge on any atom is -0.348 e. The lowest BCUT2D eigenvalue weighted by atomic mass is 10.0. The van der Waals surface area contributed by atoms with Crippen molar-refractivity contribution in [3.05, 3.63) is 83.4 Å². The zero-order valence-corrected chi connectivity index (χ0v) is 15.2. The molecule has 134 valence electrons. The van der Waals surface area contributed by atoms with E-state index < -0.39 is 0 Å². The van der Waals surface area contributed by atoms with Crippen molar-refractivity contribution in [2.45, 2.75) is 20.4 Å². The van der Waals surface area contributed by atoms with Crippen molar-refractivity contribution in [2.24, 2.45) is 0 Å². The number of nitrogens with one attached hydrogen (secondary N) is 1. The Hall–Kier alpha value is -3.54. The van der Waals surface area contributed by atoms with Crippen molar-refractivity contribution in [1.82, 2.24) is 24.9 Å². The van der Waals surface area contributed by atoms with Gasteiger partial charge >= 0.3 is 0 Å². The van der Waals surface area contributed by atoms with Gasteiger partial charge < -0.3 is 5.32 Å². The number of pyridine rings is 1. The van der Waals surface area contributed by atoms with Crippen LogP contribution in [0, 0.1) is 13.8 Å². The number of aromatic nitrogens is 4. The Balaban J connectivity index is 1.66. The molecular weight excluding hydrogens is 338 g/mol. The van der Waals surface area contributed by atoms with Crippen LogP contribution >= 0.6 is 0 Å². The highest BCUT2D eigenvalue weighted by atomic mass is 16.1. The molecule has 0 unspecified atom stereocenters. The fourth-order valence-electron chi connectivity index (χ4n) is 2.95. The summed E-state index contributed by atoms with van der Waals surface area (Å²) in [7, 11) is 0. The van der Waals surface area contributed by atoms with Crippen LogP contribution in [-0.2, 0) is 6.54 Å². The van der Waals surface area contributed by atoms with E-state index in [9.17, 15) is 4.79 Å². The van der Waals surface area contributed by atoms with Crippen LogP contribution in [0.4, 0.5) is 0 Å². The number of aryl methyl sites for hydroxylation is 2. The molecule has 1 aromatic carbocycles. The number of carbonyl (C=O) groups excluding carboxylic acids is 1. The fourth-order valence-corrected chi connectivity index (χ4v) is 2.95. The standard InChI is InChI=1S/C21H19N5O/c1-14-5-6-17(10-15(14)2)19-7-9-23-20-18(13-25-26(19)20)21(27)24-12-16-4-3-8-22-11-16/h3-11,13H,12H2,1-2H3,(H,24,27). The van der Waals surface area contributed by atoms with Crippen molar-refractivity contribution in [3.8, 4) is 11.3 Å². The van der Waals surface area contributed by atoms with E-state index in [4.69, 9.17) is 0 Å². The molecular formula is C21H19N5O. The van der Waals surface area contributed by atoms with E-state index in [1.54, 1.807) is 29.3 Å². The largest absolute Gasteiger partial charge is 0.348 e. The average molecular weight is 357 g/mol. The van der Waals surface area contributed by atoms with Gasteiger partial charge in [-0.3, -0.25) is 9.78 Å². The van der Waals surface area contributed by atoms with Gasteiger partial charge in [0.15, 0.2) is 5.65 Å². The molecule has 1 N–H and O–H groups in total. The van der Waals surface area contributed by atoms with Gasteiger partial charge in [0.05, 0.1) is 11.9 Å². The molecule has 3 heterocycles. The first-order chi connectivity index (χ1) is 13.1. The first-order valence-electron chi connectivity index (χ1n) is 8.71. The monoisotopic (exact) mass is 357 g/mol. The first-order valence-corrected chi connectivity index (χ1v) is 8.71. The minimum absolute atomic E-state index is 0.210. The number of hydrogen-bond donors (Lipinski definition) is 1. The lowest BCUT2D eigenvalue weighted by Crippen LogP contribution is -2.22. The van der Waals surface area contributed by atoms with Gasteiger partial charge in [-0.05, 0) is 48.7 Å². The van der Waals surface area contributed by atoms with Gasteiger partial charge in [0.1, 0.15) is 5.56 Å². The minimum atomic E-state index is -0.210. The Labute approximate surface area is 156 Å². The number of hydrogen-bond acceptors (Lipinski definition) is 4. The van der Waals surface area contributed by atoms with Gasteiger partial charge in [-0.25, -0.2) is 9.50 Å². The molecule has 4 rings (SSSR count). The highest BCUT2D eigenvalue weighted by Gasteiger charge is 2.16. The highest BCUT2D eigenvalue weighted by molar-refractivity contribution is 5.99. The van der Waals surface area contributed by atoms with Gasteiger partial charge in [0.2, 0.25) is 0 Å². The molecule has 0 bridgehead atoms. The molecule has 0 atom stereocenters. The molecule has 27 heavy (non-hydrogen) atoms. The van der Waals surface area contributed by atoms with Crippen LogP contribution in [0.2, 0.25) is 0 Å². The van der Waals surface area contributed by atoms with E-state index in [0.29, 0.717) is 17.8 Å². The third kappa shape index (κ3) is 3.29. The first kappa shape index (κ1) is 16.9. The third-order valence-corrected chi connectivity index (χ3v) is 4.62. The topological polar surface area (TPSA) is 72.2 Å². The number of nitrogens with zero attached hydrogens (tertiary/aromatic N) is 4. The van der Waals surface area contributed by atoms with Gasteiger partial charge in [-0.1, -0.05) is 18.2 Å². The van der Waals surface area contributed by atoms with Crippen molar-refractivity contribution in [2.75, 3.05) is 0 Å². The number of rotatable bonds is 4. The third-order valence-electron chi connectivity index (χ3n) is 4.62. The van der Waals surface area contributed by atoms with E-state index in [2.05, 4.69) is 52.4 Å². The summed E-state index contributed by atoms with van der Waals surface area (Å²) in [6, 6.07) is 11.9. The summed E-state index contributed by atoms with van der Waals surface area (Å²) >= 11 is 0. The van der Waals surface area contributed by atoms with Crippen molar-refractivity contribution >= 4 is 11.6 Å². The Morgan fingerprint density at radius 1 is 1.07 bits per heavy atom. The van der Waals surface area contributed by atoms with Gasteiger partial charge in [-0.2, -0.15) is 5.10 Å². The highest BCUT2D eigenvalue weighted by Crippen LogP contribution is 2.23. The molecule has 4 aromatic rings. The van der Waals surface area contributed by atoms with Crippen LogP contribution in [0.3, 0.4) is 0 Å². The molecule has 0 aliphatic heterocycles. The number of benzene rings is 1. The molecule has 6 heteroatoms.